The van der Waals surface area contributed by atoms with Crippen molar-refractivity contribution in [2.75, 3.05) is 11.5 Å². The van der Waals surface area contributed by atoms with Crippen molar-refractivity contribution in [1.82, 2.24) is 20.5 Å². The highest BCUT2D eigenvalue weighted by Crippen LogP contribution is 2.36. The number of carbonyl (C=O) groups excluding carboxylic acids is 1. The third-order valence-electron chi connectivity index (χ3n) is 4.79. The van der Waals surface area contributed by atoms with Crippen LogP contribution in [0.1, 0.15) is 15.9 Å². The van der Waals surface area contributed by atoms with Gasteiger partial charge in [-0.15, -0.1) is 0 Å². The number of fused-ring (bicyclic) bond motifs is 1. The molecule has 1 aliphatic heterocycles. The van der Waals surface area contributed by atoms with E-state index in [0.29, 0.717) is 46.0 Å². The Bertz CT molecular complexity index is 1220. The number of amides is 1. The highest BCUT2D eigenvalue weighted by Gasteiger charge is 2.28. The van der Waals surface area contributed by atoms with Crippen molar-refractivity contribution >= 4 is 17.3 Å². The lowest BCUT2D eigenvalue weighted by Gasteiger charge is -2.11. The maximum absolute atomic E-state index is 14.3. The molecule has 0 unspecified atom stereocenters. The maximum atomic E-state index is 14.3. The Labute approximate surface area is 176 Å². The van der Waals surface area contributed by atoms with E-state index >= 15 is 0 Å². The van der Waals surface area contributed by atoms with Crippen molar-refractivity contribution in [1.29, 1.82) is 0 Å². The van der Waals surface area contributed by atoms with Crippen LogP contribution in [0.15, 0.2) is 60.9 Å². The normalized spacial score (nSPS) is 12.0. The highest BCUT2D eigenvalue weighted by atomic mass is 19.1. The Morgan fingerprint density at radius 1 is 0.871 bits per heavy atom. The molecule has 6 N–H and O–H groups in total. The van der Waals surface area contributed by atoms with Crippen molar-refractivity contribution in [3.8, 4) is 22.5 Å². The molecule has 1 amide bonds. The van der Waals surface area contributed by atoms with Crippen LogP contribution >= 0.6 is 0 Å². The number of nitrogen functional groups attached to an aromatic ring is 2. The number of aromatic amines is 1. The van der Waals surface area contributed by atoms with E-state index in [9.17, 15) is 13.6 Å². The average molecular weight is 420 g/mol. The van der Waals surface area contributed by atoms with Crippen LogP contribution in [0.2, 0.25) is 0 Å². The van der Waals surface area contributed by atoms with Gasteiger partial charge in [0.05, 0.1) is 5.56 Å². The first-order valence-electron chi connectivity index (χ1n) is 9.30. The first-order chi connectivity index (χ1) is 14.9. The molecule has 9 heteroatoms. The van der Waals surface area contributed by atoms with Crippen molar-refractivity contribution < 1.29 is 13.6 Å². The SMILES string of the molecule is Nc1ccc(-c2ccc(-c3ncn[nH]3)c3c2CNC3=O)c(F)c1.Nc1ccc(F)cc1. The Balaban J connectivity index is 0.000000245. The van der Waals surface area contributed by atoms with Gasteiger partial charge in [0.2, 0.25) is 0 Å². The summed E-state index contributed by atoms with van der Waals surface area (Å²) in [6.45, 7) is 0.343. The summed E-state index contributed by atoms with van der Waals surface area (Å²) < 4.78 is 26.3. The first kappa shape index (κ1) is 20.0. The van der Waals surface area contributed by atoms with Crippen LogP contribution in [0.3, 0.4) is 0 Å². The molecule has 5 rings (SSSR count). The molecule has 2 heterocycles. The summed E-state index contributed by atoms with van der Waals surface area (Å²) in [7, 11) is 0. The van der Waals surface area contributed by atoms with Crippen LogP contribution in [-0.2, 0) is 6.54 Å². The summed E-state index contributed by atoms with van der Waals surface area (Å²) in [5.41, 5.74) is 14.8. The van der Waals surface area contributed by atoms with Gasteiger partial charge in [-0.2, -0.15) is 5.10 Å². The van der Waals surface area contributed by atoms with Gasteiger partial charge < -0.3 is 16.8 Å². The number of benzene rings is 3. The van der Waals surface area contributed by atoms with Gasteiger partial charge in [-0.05, 0) is 59.7 Å². The zero-order valence-electron chi connectivity index (χ0n) is 16.2. The second kappa shape index (κ2) is 8.23. The van der Waals surface area contributed by atoms with E-state index in [-0.39, 0.29) is 11.7 Å². The van der Waals surface area contributed by atoms with E-state index in [1.54, 1.807) is 24.3 Å². The summed E-state index contributed by atoms with van der Waals surface area (Å²) in [5.74, 6) is -0.370. The molecular weight excluding hydrogens is 402 g/mol. The van der Waals surface area contributed by atoms with E-state index < -0.39 is 5.82 Å². The fourth-order valence-corrected chi connectivity index (χ4v) is 3.35. The number of nitrogens with one attached hydrogen (secondary N) is 2. The topological polar surface area (TPSA) is 123 Å². The van der Waals surface area contributed by atoms with Crippen LogP contribution in [-0.4, -0.2) is 21.1 Å². The van der Waals surface area contributed by atoms with Crippen molar-refractivity contribution in [2.45, 2.75) is 6.54 Å². The van der Waals surface area contributed by atoms with E-state index in [2.05, 4.69) is 20.5 Å². The van der Waals surface area contributed by atoms with E-state index in [0.717, 1.165) is 5.56 Å². The van der Waals surface area contributed by atoms with Crippen LogP contribution in [0, 0.1) is 11.6 Å². The molecule has 0 saturated heterocycles. The molecule has 0 fully saturated rings. The molecule has 0 atom stereocenters. The molecule has 4 aromatic rings. The number of hydrogen-bond donors (Lipinski definition) is 4. The van der Waals surface area contributed by atoms with Gasteiger partial charge >= 0.3 is 0 Å². The Morgan fingerprint density at radius 3 is 2.19 bits per heavy atom. The molecule has 7 nitrogen and oxygen atoms in total. The fourth-order valence-electron chi connectivity index (χ4n) is 3.35. The molecule has 31 heavy (non-hydrogen) atoms. The molecule has 0 aliphatic carbocycles. The second-order valence-corrected chi connectivity index (χ2v) is 6.82. The molecule has 156 valence electrons. The number of nitrogens with zero attached hydrogens (tertiary/aromatic N) is 2. The number of anilines is 2. The summed E-state index contributed by atoms with van der Waals surface area (Å²) in [5, 5.41) is 9.34. The summed E-state index contributed by atoms with van der Waals surface area (Å²) in [4.78, 5) is 16.3. The van der Waals surface area contributed by atoms with Crippen LogP contribution in [0.4, 0.5) is 20.2 Å². The first-order valence-corrected chi connectivity index (χ1v) is 9.30. The molecule has 3 aromatic carbocycles. The molecule has 1 aliphatic rings. The van der Waals surface area contributed by atoms with E-state index in [1.165, 1.54) is 36.7 Å². The highest BCUT2D eigenvalue weighted by molar-refractivity contribution is 6.06. The summed E-state index contributed by atoms with van der Waals surface area (Å²) >= 11 is 0. The lowest BCUT2D eigenvalue weighted by Crippen LogP contribution is -2.13. The van der Waals surface area contributed by atoms with Gasteiger partial charge in [-0.3, -0.25) is 9.89 Å². The number of aromatic nitrogens is 3. The van der Waals surface area contributed by atoms with Gasteiger partial charge in [0.15, 0.2) is 5.82 Å². The number of nitrogens with two attached hydrogens (primary N) is 2. The number of carbonyl (C=O) groups is 1. The quantitative estimate of drug-likeness (QED) is 0.370. The van der Waals surface area contributed by atoms with Crippen molar-refractivity contribution in [2.24, 2.45) is 0 Å². The van der Waals surface area contributed by atoms with Crippen LogP contribution < -0.4 is 16.8 Å². The van der Waals surface area contributed by atoms with Crippen molar-refractivity contribution in [3.63, 3.8) is 0 Å². The lowest BCUT2D eigenvalue weighted by molar-refractivity contribution is 0.0966. The average Bonchev–Trinajstić information content (AvgIpc) is 3.41. The third-order valence-corrected chi connectivity index (χ3v) is 4.79. The van der Waals surface area contributed by atoms with Crippen LogP contribution in [0.25, 0.3) is 22.5 Å². The van der Waals surface area contributed by atoms with E-state index in [4.69, 9.17) is 11.5 Å². The van der Waals surface area contributed by atoms with Gasteiger partial charge in [-0.25, -0.2) is 13.8 Å². The fraction of sp³-hybridized carbons (Fsp3) is 0.0455. The summed E-state index contributed by atoms with van der Waals surface area (Å²) in [6.07, 6.45) is 1.38. The van der Waals surface area contributed by atoms with E-state index in [1.807, 2.05) is 0 Å². The maximum Gasteiger partial charge on any atom is 0.252 e. The van der Waals surface area contributed by atoms with Gasteiger partial charge in [0.1, 0.15) is 18.0 Å². The Morgan fingerprint density at radius 2 is 1.55 bits per heavy atom. The van der Waals surface area contributed by atoms with Gasteiger partial charge in [0.25, 0.3) is 5.91 Å². The third kappa shape index (κ3) is 4.06. The van der Waals surface area contributed by atoms with Crippen molar-refractivity contribution in [3.05, 3.63) is 83.7 Å². The van der Waals surface area contributed by atoms with Gasteiger partial charge in [-0.1, -0.05) is 6.07 Å². The molecule has 1 aromatic heterocycles. The lowest BCUT2D eigenvalue weighted by atomic mass is 9.92. The predicted molar refractivity (Wildman–Crippen MR) is 114 cm³/mol. The van der Waals surface area contributed by atoms with Gasteiger partial charge in [0, 0.05) is 29.0 Å². The molecule has 0 bridgehead atoms. The monoisotopic (exact) mass is 420 g/mol. The second-order valence-electron chi connectivity index (χ2n) is 6.82. The number of H-pyrrole nitrogens is 1. The Hall–Kier alpha value is -4.27. The molecule has 0 radical (unpaired) electrons. The zero-order valence-corrected chi connectivity index (χ0v) is 16.2. The predicted octanol–water partition coefficient (Wildman–Crippen LogP) is 3.51. The van der Waals surface area contributed by atoms with Crippen LogP contribution in [0.5, 0.6) is 0 Å². The smallest absolute Gasteiger partial charge is 0.252 e. The minimum atomic E-state index is -0.418. The Kier molecular flexibility index (Phi) is 5.31. The number of hydrogen-bond acceptors (Lipinski definition) is 5. The molecule has 0 saturated carbocycles. The largest absolute Gasteiger partial charge is 0.399 e. The number of halogens is 2. The minimum absolute atomic E-state index is 0.205. The molecular formula is C22H18F2N6O. The number of rotatable bonds is 2. The molecule has 0 spiro atoms. The standard InChI is InChI=1S/C16H12FN5O.C6H6FN/c17-13-5-8(18)1-2-10(13)9-3-4-11(15-20-7-21-22-15)14-12(9)6-19-16(14)23;7-5-1-3-6(8)4-2-5/h1-5,7H,6,18H2,(H,19,23)(H,20,21,22);1-4H,8H2. The minimum Gasteiger partial charge on any atom is -0.399 e. The summed E-state index contributed by atoms with van der Waals surface area (Å²) in [6, 6.07) is 13.8. The zero-order chi connectivity index (χ0) is 22.0.